The average Bonchev–Trinajstić information content (AvgIpc) is 2.30. The van der Waals surface area contributed by atoms with E-state index in [0.717, 1.165) is 12.8 Å². The molecule has 0 aliphatic carbocycles. The molecular formula is C9H15NO2. The maximum absolute atomic E-state index is 11.1. The Morgan fingerprint density at radius 1 is 1.25 bits per heavy atom. The number of Topliss-reactive ketones (excluding diaryl/α,β-unsaturated/α-hetero) is 1. The lowest BCUT2D eigenvalue weighted by Gasteiger charge is -2.25. The number of amides is 1. The Morgan fingerprint density at radius 3 is 2.17 bits per heavy atom. The van der Waals surface area contributed by atoms with Crippen LogP contribution in [-0.4, -0.2) is 28.7 Å². The normalized spacial score (nSPS) is 29.1. The second-order valence-electron chi connectivity index (χ2n) is 3.48. The molecule has 2 atom stereocenters. The zero-order valence-electron chi connectivity index (χ0n) is 7.83. The maximum atomic E-state index is 11.1. The van der Waals surface area contributed by atoms with Gasteiger partial charge in [-0.15, -0.1) is 0 Å². The summed E-state index contributed by atoms with van der Waals surface area (Å²) < 4.78 is 0. The van der Waals surface area contributed by atoms with Gasteiger partial charge in [0.05, 0.1) is 6.04 Å². The highest BCUT2D eigenvalue weighted by Gasteiger charge is 2.34. The number of carbonyl (C=O) groups excluding carboxylic acids is 2. The van der Waals surface area contributed by atoms with Crippen molar-refractivity contribution in [2.24, 2.45) is 0 Å². The Kier molecular flexibility index (Phi) is 2.50. The lowest BCUT2D eigenvalue weighted by atomic mass is 10.1. The Hall–Kier alpha value is -0.860. The van der Waals surface area contributed by atoms with E-state index in [1.807, 2.05) is 6.92 Å². The van der Waals surface area contributed by atoms with Crippen LogP contribution in [0.15, 0.2) is 0 Å². The molecule has 1 aliphatic rings. The van der Waals surface area contributed by atoms with E-state index in [0.29, 0.717) is 0 Å². The lowest BCUT2D eigenvalue weighted by molar-refractivity contribution is -0.136. The van der Waals surface area contributed by atoms with Crippen LogP contribution in [0.3, 0.4) is 0 Å². The first-order valence-electron chi connectivity index (χ1n) is 4.33. The fourth-order valence-electron chi connectivity index (χ4n) is 1.91. The first-order valence-corrected chi connectivity index (χ1v) is 4.33. The van der Waals surface area contributed by atoms with Gasteiger partial charge < -0.3 is 4.90 Å². The minimum absolute atomic E-state index is 0.0141. The lowest BCUT2D eigenvalue weighted by Crippen LogP contribution is -2.41. The van der Waals surface area contributed by atoms with Crippen molar-refractivity contribution in [2.45, 2.75) is 45.7 Å². The van der Waals surface area contributed by atoms with Gasteiger partial charge in [-0.25, -0.2) is 0 Å². The number of hydrogen-bond acceptors (Lipinski definition) is 2. The monoisotopic (exact) mass is 169 g/mol. The summed E-state index contributed by atoms with van der Waals surface area (Å²) in [6.45, 7) is 5.07. The summed E-state index contributed by atoms with van der Waals surface area (Å²) in [6.07, 6.45) is 1.78. The molecule has 1 saturated heterocycles. The van der Waals surface area contributed by atoms with E-state index in [-0.39, 0.29) is 23.8 Å². The van der Waals surface area contributed by atoms with E-state index >= 15 is 0 Å². The molecule has 0 aromatic carbocycles. The molecule has 1 amide bonds. The maximum Gasteiger partial charge on any atom is 0.220 e. The first-order chi connectivity index (χ1) is 5.54. The Balaban J connectivity index is 2.77. The van der Waals surface area contributed by atoms with Gasteiger partial charge in [-0.2, -0.15) is 0 Å². The highest BCUT2D eigenvalue weighted by molar-refractivity contribution is 5.87. The highest BCUT2D eigenvalue weighted by atomic mass is 16.2. The predicted octanol–water partition coefficient (Wildman–Crippen LogP) is 0.975. The highest BCUT2D eigenvalue weighted by Crippen LogP contribution is 2.24. The van der Waals surface area contributed by atoms with E-state index in [9.17, 15) is 9.59 Å². The summed E-state index contributed by atoms with van der Waals surface area (Å²) in [7, 11) is 0. The van der Waals surface area contributed by atoms with E-state index in [4.69, 9.17) is 0 Å². The predicted molar refractivity (Wildman–Crippen MR) is 45.7 cm³/mol. The van der Waals surface area contributed by atoms with Crippen molar-refractivity contribution in [3.05, 3.63) is 0 Å². The zero-order chi connectivity index (χ0) is 9.30. The van der Waals surface area contributed by atoms with Crippen LogP contribution in [0.5, 0.6) is 0 Å². The molecule has 12 heavy (non-hydrogen) atoms. The third-order valence-corrected chi connectivity index (χ3v) is 2.50. The summed E-state index contributed by atoms with van der Waals surface area (Å²) in [6, 6.07) is 0.0777. The molecule has 0 spiro atoms. The smallest absolute Gasteiger partial charge is 0.220 e. The first kappa shape index (κ1) is 9.23. The second-order valence-corrected chi connectivity index (χ2v) is 3.48. The van der Waals surface area contributed by atoms with Gasteiger partial charge in [0, 0.05) is 13.0 Å². The minimum Gasteiger partial charge on any atom is -0.330 e. The van der Waals surface area contributed by atoms with Gasteiger partial charge in [-0.3, -0.25) is 9.59 Å². The molecule has 1 heterocycles. The molecule has 0 bridgehead atoms. The van der Waals surface area contributed by atoms with Crippen molar-refractivity contribution >= 4 is 11.7 Å². The number of hydrogen-bond donors (Lipinski definition) is 0. The number of likely N-dealkylation sites (tertiary alicyclic amines) is 1. The van der Waals surface area contributed by atoms with E-state index in [2.05, 4.69) is 0 Å². The molecule has 1 rings (SSSR count). The van der Waals surface area contributed by atoms with Crippen molar-refractivity contribution in [3.8, 4) is 0 Å². The van der Waals surface area contributed by atoms with Gasteiger partial charge in [-0.05, 0) is 26.7 Å². The van der Waals surface area contributed by atoms with E-state index in [1.165, 1.54) is 6.92 Å². The van der Waals surface area contributed by atoms with Crippen molar-refractivity contribution in [3.63, 3.8) is 0 Å². The van der Waals surface area contributed by atoms with E-state index in [1.54, 1.807) is 11.8 Å². The largest absolute Gasteiger partial charge is 0.330 e. The van der Waals surface area contributed by atoms with Gasteiger partial charge in [0.2, 0.25) is 5.91 Å². The standard InChI is InChI=1S/C9H15NO2/c1-6-4-5-9(7(2)11)10(6)8(3)12/h6,9H,4-5H2,1-3H3. The van der Waals surface area contributed by atoms with Gasteiger partial charge in [0.15, 0.2) is 5.78 Å². The number of carbonyl (C=O) groups is 2. The third-order valence-electron chi connectivity index (χ3n) is 2.50. The molecule has 0 aromatic rings. The Bertz CT molecular complexity index is 213. The summed E-state index contributed by atoms with van der Waals surface area (Å²) in [5.74, 6) is 0.120. The third kappa shape index (κ3) is 1.49. The molecule has 1 aliphatic heterocycles. The summed E-state index contributed by atoms with van der Waals surface area (Å²) in [5.41, 5.74) is 0. The van der Waals surface area contributed by atoms with Gasteiger partial charge >= 0.3 is 0 Å². The zero-order valence-corrected chi connectivity index (χ0v) is 7.83. The van der Waals surface area contributed by atoms with Crippen LogP contribution in [0.1, 0.15) is 33.6 Å². The van der Waals surface area contributed by atoms with Crippen molar-refractivity contribution in [2.75, 3.05) is 0 Å². The topological polar surface area (TPSA) is 37.4 Å². The number of ketones is 1. The molecule has 3 nitrogen and oxygen atoms in total. The van der Waals surface area contributed by atoms with Crippen LogP contribution in [0.4, 0.5) is 0 Å². The van der Waals surface area contributed by atoms with Crippen LogP contribution >= 0.6 is 0 Å². The summed E-state index contributed by atoms with van der Waals surface area (Å²) in [4.78, 5) is 24.0. The molecule has 68 valence electrons. The second kappa shape index (κ2) is 3.25. The molecular weight excluding hydrogens is 154 g/mol. The van der Waals surface area contributed by atoms with Crippen LogP contribution in [0.25, 0.3) is 0 Å². The molecule has 0 aromatic heterocycles. The van der Waals surface area contributed by atoms with Crippen molar-refractivity contribution in [1.29, 1.82) is 0 Å². The molecule has 0 N–H and O–H groups in total. The molecule has 2 unspecified atom stereocenters. The molecule has 3 heteroatoms. The van der Waals surface area contributed by atoms with E-state index < -0.39 is 0 Å². The Labute approximate surface area is 72.7 Å². The average molecular weight is 169 g/mol. The van der Waals surface area contributed by atoms with Crippen LogP contribution in [0, 0.1) is 0 Å². The fraction of sp³-hybridized carbons (Fsp3) is 0.778. The molecule has 0 saturated carbocycles. The quantitative estimate of drug-likeness (QED) is 0.586. The number of rotatable bonds is 1. The fourth-order valence-corrected chi connectivity index (χ4v) is 1.91. The molecule has 1 fully saturated rings. The van der Waals surface area contributed by atoms with Crippen molar-refractivity contribution < 1.29 is 9.59 Å². The van der Waals surface area contributed by atoms with Crippen LogP contribution < -0.4 is 0 Å². The Morgan fingerprint density at radius 2 is 1.83 bits per heavy atom. The van der Waals surface area contributed by atoms with Crippen LogP contribution in [0.2, 0.25) is 0 Å². The summed E-state index contributed by atoms with van der Waals surface area (Å²) >= 11 is 0. The van der Waals surface area contributed by atoms with Crippen molar-refractivity contribution in [1.82, 2.24) is 4.90 Å². The van der Waals surface area contributed by atoms with Gasteiger partial charge in [0.1, 0.15) is 0 Å². The van der Waals surface area contributed by atoms with Crippen LogP contribution in [-0.2, 0) is 9.59 Å². The van der Waals surface area contributed by atoms with Gasteiger partial charge in [-0.1, -0.05) is 0 Å². The minimum atomic E-state index is -0.155. The number of nitrogens with zero attached hydrogens (tertiary/aromatic N) is 1. The summed E-state index contributed by atoms with van der Waals surface area (Å²) in [5, 5.41) is 0. The molecule has 0 radical (unpaired) electrons. The van der Waals surface area contributed by atoms with Gasteiger partial charge in [0.25, 0.3) is 0 Å². The SMILES string of the molecule is CC(=O)C1CCC(C)N1C(C)=O.